The fourth-order valence-corrected chi connectivity index (χ4v) is 4.16. The number of aromatic nitrogens is 1. The van der Waals surface area contributed by atoms with Gasteiger partial charge >= 0.3 is 0 Å². The minimum Gasteiger partial charge on any atom is -0.487 e. The first kappa shape index (κ1) is 17.5. The molecule has 0 bridgehead atoms. The number of piperidine rings is 1. The zero-order valence-corrected chi connectivity index (χ0v) is 15.1. The van der Waals surface area contributed by atoms with Gasteiger partial charge in [0.2, 0.25) is 0 Å². The van der Waals surface area contributed by atoms with E-state index in [0.29, 0.717) is 0 Å². The first-order valence-corrected chi connectivity index (χ1v) is 9.52. The third-order valence-corrected chi connectivity index (χ3v) is 5.64. The summed E-state index contributed by atoms with van der Waals surface area (Å²) in [5.74, 6) is 1.01. The first-order chi connectivity index (χ1) is 12.8. The Morgan fingerprint density at radius 1 is 1.15 bits per heavy atom. The van der Waals surface area contributed by atoms with E-state index >= 15 is 0 Å². The molecule has 1 fully saturated rings. The molecule has 1 unspecified atom stereocenters. The van der Waals surface area contributed by atoms with Gasteiger partial charge in [-0.05, 0) is 31.0 Å². The van der Waals surface area contributed by atoms with E-state index in [1.54, 1.807) is 0 Å². The molecule has 1 spiro atoms. The molecule has 5 nitrogen and oxygen atoms in total. The molecule has 2 aromatic rings. The van der Waals surface area contributed by atoms with Crippen molar-refractivity contribution in [3.8, 4) is 5.75 Å². The molecule has 0 amide bonds. The molecular formula is C21H27N3O2. The minimum absolute atomic E-state index is 0.109. The lowest BCUT2D eigenvalue weighted by atomic mass is 9.80. The van der Waals surface area contributed by atoms with Crippen molar-refractivity contribution in [1.29, 1.82) is 0 Å². The third-order valence-electron chi connectivity index (χ3n) is 5.64. The number of pyridine rings is 1. The maximum absolute atomic E-state index is 9.18. The Morgan fingerprint density at radius 2 is 1.96 bits per heavy atom. The van der Waals surface area contributed by atoms with E-state index in [1.165, 1.54) is 5.56 Å². The Hall–Kier alpha value is -1.95. The Labute approximate surface area is 155 Å². The molecule has 138 valence electrons. The molecule has 1 aromatic heterocycles. The lowest BCUT2D eigenvalue weighted by Gasteiger charge is -2.47. The second-order valence-corrected chi connectivity index (χ2v) is 7.35. The zero-order chi connectivity index (χ0) is 17.8. The van der Waals surface area contributed by atoms with Gasteiger partial charge in [-0.3, -0.25) is 4.98 Å². The highest BCUT2D eigenvalue weighted by Crippen LogP contribution is 2.44. The summed E-state index contributed by atoms with van der Waals surface area (Å²) in [5, 5.41) is 12.9. The van der Waals surface area contributed by atoms with Gasteiger partial charge in [-0.15, -0.1) is 0 Å². The highest BCUT2D eigenvalue weighted by molar-refractivity contribution is 5.39. The maximum atomic E-state index is 9.18. The van der Waals surface area contributed by atoms with Crippen molar-refractivity contribution in [1.82, 2.24) is 15.2 Å². The van der Waals surface area contributed by atoms with Gasteiger partial charge in [0, 0.05) is 50.4 Å². The number of hydrogen-bond donors (Lipinski definition) is 2. The second-order valence-electron chi connectivity index (χ2n) is 7.35. The molecule has 0 aliphatic carbocycles. The van der Waals surface area contributed by atoms with Crippen LogP contribution in [0.2, 0.25) is 0 Å². The largest absolute Gasteiger partial charge is 0.487 e. The van der Waals surface area contributed by atoms with Crippen LogP contribution in [0.5, 0.6) is 5.75 Å². The molecule has 0 saturated carbocycles. The van der Waals surface area contributed by atoms with Crippen LogP contribution >= 0.6 is 0 Å². The number of β-amino-alcohol motifs (C(OH)–C–C–N with tert-alkyl or cyclic N) is 1. The lowest BCUT2D eigenvalue weighted by molar-refractivity contribution is -0.0278. The van der Waals surface area contributed by atoms with Crippen LogP contribution in [0.3, 0.4) is 0 Å². The van der Waals surface area contributed by atoms with Gasteiger partial charge in [0.05, 0.1) is 12.3 Å². The molecule has 1 aromatic carbocycles. The van der Waals surface area contributed by atoms with Gasteiger partial charge in [0.15, 0.2) is 0 Å². The van der Waals surface area contributed by atoms with Crippen LogP contribution < -0.4 is 10.1 Å². The smallest absolute Gasteiger partial charge is 0.124 e. The molecule has 3 heterocycles. The predicted octanol–water partition coefficient (Wildman–Crippen LogP) is 2.52. The van der Waals surface area contributed by atoms with Gasteiger partial charge in [0.25, 0.3) is 0 Å². The van der Waals surface area contributed by atoms with E-state index in [-0.39, 0.29) is 18.2 Å². The van der Waals surface area contributed by atoms with Gasteiger partial charge in [0.1, 0.15) is 11.4 Å². The van der Waals surface area contributed by atoms with Crippen LogP contribution in [0.15, 0.2) is 48.7 Å². The minimum atomic E-state index is -0.109. The number of fused-ring (bicyclic) bond motifs is 1. The second kappa shape index (κ2) is 7.74. The van der Waals surface area contributed by atoms with Crippen LogP contribution in [-0.2, 0) is 6.54 Å². The fourth-order valence-electron chi connectivity index (χ4n) is 4.16. The fraction of sp³-hybridized carbons (Fsp3) is 0.476. The summed E-state index contributed by atoms with van der Waals surface area (Å²) < 4.78 is 6.52. The van der Waals surface area contributed by atoms with E-state index in [2.05, 4.69) is 45.5 Å². The van der Waals surface area contributed by atoms with Crippen LogP contribution in [0.1, 0.15) is 36.6 Å². The molecule has 2 aliphatic heterocycles. The Morgan fingerprint density at radius 3 is 2.73 bits per heavy atom. The van der Waals surface area contributed by atoms with E-state index in [1.807, 2.05) is 18.3 Å². The molecule has 4 rings (SSSR count). The number of nitrogens with one attached hydrogen (secondary N) is 1. The highest BCUT2D eigenvalue weighted by Gasteiger charge is 2.42. The number of likely N-dealkylation sites (tertiary alicyclic amines) is 1. The summed E-state index contributed by atoms with van der Waals surface area (Å²) in [5.41, 5.74) is 2.19. The van der Waals surface area contributed by atoms with Crippen LogP contribution in [-0.4, -0.2) is 46.8 Å². The quantitative estimate of drug-likeness (QED) is 0.865. The summed E-state index contributed by atoms with van der Waals surface area (Å²) in [6.45, 7) is 3.71. The molecule has 26 heavy (non-hydrogen) atoms. The molecular weight excluding hydrogens is 326 g/mol. The number of rotatable bonds is 5. The van der Waals surface area contributed by atoms with Crippen LogP contribution in [0.4, 0.5) is 0 Å². The van der Waals surface area contributed by atoms with Crippen molar-refractivity contribution in [2.24, 2.45) is 0 Å². The highest BCUT2D eigenvalue weighted by atomic mass is 16.5. The van der Waals surface area contributed by atoms with Crippen molar-refractivity contribution in [3.63, 3.8) is 0 Å². The number of aliphatic hydroxyl groups excluding tert-OH is 1. The Balaban J connectivity index is 1.50. The predicted molar refractivity (Wildman–Crippen MR) is 101 cm³/mol. The van der Waals surface area contributed by atoms with Crippen LogP contribution in [0, 0.1) is 0 Å². The SMILES string of the molecule is OCCN1CCC2(CC1)CC(NCc1ccccn1)c1ccccc1O2. The van der Waals surface area contributed by atoms with Gasteiger partial charge in [-0.25, -0.2) is 0 Å². The summed E-state index contributed by atoms with van der Waals surface area (Å²) in [4.78, 5) is 6.75. The van der Waals surface area contributed by atoms with E-state index in [4.69, 9.17) is 4.74 Å². The molecule has 1 saturated heterocycles. The van der Waals surface area contributed by atoms with Crippen molar-refractivity contribution >= 4 is 0 Å². The molecule has 5 heteroatoms. The van der Waals surface area contributed by atoms with E-state index in [0.717, 1.165) is 56.9 Å². The first-order valence-electron chi connectivity index (χ1n) is 9.52. The molecule has 0 radical (unpaired) electrons. The number of para-hydroxylation sites is 1. The van der Waals surface area contributed by atoms with Crippen molar-refractivity contribution in [3.05, 3.63) is 59.9 Å². The maximum Gasteiger partial charge on any atom is 0.124 e. The monoisotopic (exact) mass is 353 g/mol. The van der Waals surface area contributed by atoms with E-state index < -0.39 is 0 Å². The Kier molecular flexibility index (Phi) is 5.20. The standard InChI is InChI=1S/C21H27N3O2/c25-14-13-24-11-8-21(9-12-24)15-19(18-6-1-2-7-20(18)26-21)23-16-17-5-3-4-10-22-17/h1-7,10,19,23,25H,8-9,11-16H2. The number of ether oxygens (including phenoxy) is 1. The normalized spacial score (nSPS) is 22.0. The lowest BCUT2D eigenvalue weighted by Crippen LogP contribution is -2.52. The number of hydrogen-bond acceptors (Lipinski definition) is 5. The summed E-state index contributed by atoms with van der Waals surface area (Å²) in [6.07, 6.45) is 4.82. The summed E-state index contributed by atoms with van der Waals surface area (Å²) in [6, 6.07) is 14.7. The molecule has 1 atom stereocenters. The summed E-state index contributed by atoms with van der Waals surface area (Å²) in [7, 11) is 0. The average molecular weight is 353 g/mol. The Bertz CT molecular complexity index is 714. The van der Waals surface area contributed by atoms with Crippen molar-refractivity contribution < 1.29 is 9.84 Å². The van der Waals surface area contributed by atoms with E-state index in [9.17, 15) is 5.11 Å². The molecule has 2 aliphatic rings. The van der Waals surface area contributed by atoms with Gasteiger partial charge in [-0.2, -0.15) is 0 Å². The third kappa shape index (κ3) is 3.75. The summed E-state index contributed by atoms with van der Waals surface area (Å²) >= 11 is 0. The van der Waals surface area contributed by atoms with Gasteiger partial charge < -0.3 is 20.1 Å². The van der Waals surface area contributed by atoms with Crippen LogP contribution in [0.25, 0.3) is 0 Å². The number of aliphatic hydroxyl groups is 1. The molecule has 2 N–H and O–H groups in total. The van der Waals surface area contributed by atoms with Crippen molar-refractivity contribution in [2.75, 3.05) is 26.2 Å². The van der Waals surface area contributed by atoms with Gasteiger partial charge in [-0.1, -0.05) is 24.3 Å². The average Bonchev–Trinajstić information content (AvgIpc) is 2.69. The number of benzene rings is 1. The topological polar surface area (TPSA) is 57.6 Å². The number of nitrogens with zero attached hydrogens (tertiary/aromatic N) is 2. The zero-order valence-electron chi connectivity index (χ0n) is 15.1. The van der Waals surface area contributed by atoms with Crippen molar-refractivity contribution in [2.45, 2.75) is 37.5 Å².